The highest BCUT2D eigenvalue weighted by atomic mass is 16.5. The van der Waals surface area contributed by atoms with Gasteiger partial charge < -0.3 is 9.15 Å². The molecule has 0 N–H and O–H groups in total. The Labute approximate surface area is 132 Å². The molecule has 2 aromatic carbocycles. The van der Waals surface area contributed by atoms with Crippen LogP contribution in [0.4, 0.5) is 0 Å². The van der Waals surface area contributed by atoms with Gasteiger partial charge in [-0.15, -0.1) is 0 Å². The Balaban J connectivity index is 1.89. The molecule has 1 heterocycles. The standard InChI is InChI=1S/C18H17NO4/c1-12-6-8-14(9-7-12)22-11-10-19-16-13(2)4-3-5-15(16)17(20)23-18(19)21/h3-9H,10-11H2,1-2H3. The number of ether oxygens (including phenoxy) is 1. The monoisotopic (exact) mass is 311 g/mol. The zero-order chi connectivity index (χ0) is 16.4. The smallest absolute Gasteiger partial charge is 0.422 e. The minimum absolute atomic E-state index is 0.303. The molecule has 0 unspecified atom stereocenters. The molecular formula is C18H17NO4. The molecule has 118 valence electrons. The fourth-order valence-corrected chi connectivity index (χ4v) is 2.55. The zero-order valence-corrected chi connectivity index (χ0v) is 13.0. The Hall–Kier alpha value is -2.82. The lowest BCUT2D eigenvalue weighted by Crippen LogP contribution is -2.27. The molecule has 23 heavy (non-hydrogen) atoms. The van der Waals surface area contributed by atoms with Crippen LogP contribution >= 0.6 is 0 Å². The van der Waals surface area contributed by atoms with Crippen molar-refractivity contribution in [3.63, 3.8) is 0 Å². The topological polar surface area (TPSA) is 61.4 Å². The molecule has 0 radical (unpaired) electrons. The van der Waals surface area contributed by atoms with Gasteiger partial charge in [-0.05, 0) is 37.6 Å². The van der Waals surface area contributed by atoms with Crippen molar-refractivity contribution in [1.82, 2.24) is 4.57 Å². The number of fused-ring (bicyclic) bond motifs is 1. The summed E-state index contributed by atoms with van der Waals surface area (Å²) in [6.45, 7) is 4.47. The zero-order valence-electron chi connectivity index (χ0n) is 13.0. The van der Waals surface area contributed by atoms with E-state index in [4.69, 9.17) is 9.15 Å². The van der Waals surface area contributed by atoms with Crippen LogP contribution in [0.2, 0.25) is 0 Å². The first-order chi connectivity index (χ1) is 11.1. The van der Waals surface area contributed by atoms with Gasteiger partial charge in [0, 0.05) is 0 Å². The predicted molar refractivity (Wildman–Crippen MR) is 88.2 cm³/mol. The molecule has 0 fully saturated rings. The van der Waals surface area contributed by atoms with Crippen molar-refractivity contribution in [2.75, 3.05) is 6.61 Å². The lowest BCUT2D eigenvalue weighted by molar-refractivity contribution is 0.287. The summed E-state index contributed by atoms with van der Waals surface area (Å²) < 4.78 is 11.9. The second-order valence-electron chi connectivity index (χ2n) is 5.44. The average molecular weight is 311 g/mol. The lowest BCUT2D eigenvalue weighted by Gasteiger charge is -2.11. The van der Waals surface area contributed by atoms with E-state index >= 15 is 0 Å². The molecule has 0 spiro atoms. The van der Waals surface area contributed by atoms with Crippen LogP contribution in [0.25, 0.3) is 10.9 Å². The molecule has 5 heteroatoms. The summed E-state index contributed by atoms with van der Waals surface area (Å²) in [7, 11) is 0. The van der Waals surface area contributed by atoms with E-state index in [0.29, 0.717) is 24.1 Å². The van der Waals surface area contributed by atoms with Gasteiger partial charge in [0.1, 0.15) is 12.4 Å². The van der Waals surface area contributed by atoms with Gasteiger partial charge in [0.25, 0.3) is 0 Å². The number of benzene rings is 2. The van der Waals surface area contributed by atoms with Crippen molar-refractivity contribution in [2.24, 2.45) is 0 Å². The van der Waals surface area contributed by atoms with Crippen LogP contribution in [-0.2, 0) is 6.54 Å². The van der Waals surface area contributed by atoms with E-state index in [1.54, 1.807) is 12.1 Å². The second kappa shape index (κ2) is 6.12. The maximum absolute atomic E-state index is 12.0. The third-order valence-electron chi connectivity index (χ3n) is 3.73. The lowest BCUT2D eigenvalue weighted by atomic mass is 10.1. The number of hydrogen-bond acceptors (Lipinski definition) is 4. The van der Waals surface area contributed by atoms with Crippen molar-refractivity contribution in [3.05, 3.63) is 74.6 Å². The summed E-state index contributed by atoms with van der Waals surface area (Å²) in [4.78, 5) is 23.9. The minimum atomic E-state index is -0.663. The first-order valence-corrected chi connectivity index (χ1v) is 7.39. The van der Waals surface area contributed by atoms with Crippen LogP contribution in [0.1, 0.15) is 11.1 Å². The van der Waals surface area contributed by atoms with Gasteiger partial charge in [-0.25, -0.2) is 9.59 Å². The van der Waals surface area contributed by atoms with Crippen LogP contribution in [0, 0.1) is 13.8 Å². The van der Waals surface area contributed by atoms with E-state index < -0.39 is 11.4 Å². The number of nitrogens with zero attached hydrogens (tertiary/aromatic N) is 1. The molecular weight excluding hydrogens is 294 g/mol. The van der Waals surface area contributed by atoms with E-state index in [2.05, 4.69) is 0 Å². The van der Waals surface area contributed by atoms with Crippen molar-refractivity contribution in [2.45, 2.75) is 20.4 Å². The fourth-order valence-electron chi connectivity index (χ4n) is 2.55. The van der Waals surface area contributed by atoms with Gasteiger partial charge in [0.2, 0.25) is 0 Å². The molecule has 0 saturated heterocycles. The largest absolute Gasteiger partial charge is 0.492 e. The fraction of sp³-hybridized carbons (Fsp3) is 0.222. The summed E-state index contributed by atoms with van der Waals surface area (Å²) in [5, 5.41) is 0.403. The van der Waals surface area contributed by atoms with Crippen LogP contribution in [0.3, 0.4) is 0 Å². The van der Waals surface area contributed by atoms with Crippen LogP contribution in [0.15, 0.2) is 56.5 Å². The Morgan fingerprint density at radius 2 is 1.78 bits per heavy atom. The third-order valence-corrected chi connectivity index (χ3v) is 3.73. The van der Waals surface area contributed by atoms with Gasteiger partial charge >= 0.3 is 11.4 Å². The molecule has 0 bridgehead atoms. The predicted octanol–water partition coefficient (Wildman–Crippen LogP) is 2.65. The average Bonchev–Trinajstić information content (AvgIpc) is 2.53. The van der Waals surface area contributed by atoms with Crippen molar-refractivity contribution < 1.29 is 9.15 Å². The third kappa shape index (κ3) is 3.04. The molecule has 3 aromatic rings. The molecule has 0 atom stereocenters. The van der Waals surface area contributed by atoms with E-state index in [1.807, 2.05) is 44.2 Å². The molecule has 0 aliphatic heterocycles. The van der Waals surface area contributed by atoms with E-state index in [-0.39, 0.29) is 0 Å². The first-order valence-electron chi connectivity index (χ1n) is 7.39. The molecule has 5 nitrogen and oxygen atoms in total. The molecule has 0 amide bonds. The summed E-state index contributed by atoms with van der Waals surface area (Å²) >= 11 is 0. The quantitative estimate of drug-likeness (QED) is 0.743. The number of hydrogen-bond donors (Lipinski definition) is 0. The molecule has 1 aromatic heterocycles. The number of aryl methyl sites for hydroxylation is 2. The molecule has 3 rings (SSSR count). The van der Waals surface area contributed by atoms with Gasteiger partial charge in [0.15, 0.2) is 0 Å². The first kappa shape index (κ1) is 15.1. The number of para-hydroxylation sites is 1. The normalized spacial score (nSPS) is 10.9. The Bertz CT molecular complexity index is 951. The maximum atomic E-state index is 12.0. The van der Waals surface area contributed by atoms with Crippen molar-refractivity contribution in [1.29, 1.82) is 0 Å². The maximum Gasteiger partial charge on any atom is 0.422 e. The summed E-state index contributed by atoms with van der Waals surface area (Å²) in [5.74, 6) is 0.0753. The van der Waals surface area contributed by atoms with E-state index in [0.717, 1.165) is 16.9 Å². The SMILES string of the molecule is Cc1ccc(OCCn2c(=O)oc(=O)c3cccc(C)c32)cc1. The minimum Gasteiger partial charge on any atom is -0.492 e. The van der Waals surface area contributed by atoms with Gasteiger partial charge in [-0.2, -0.15) is 0 Å². The summed E-state index contributed by atoms with van der Waals surface area (Å²) in [5.41, 5.74) is 1.99. The van der Waals surface area contributed by atoms with E-state index in [9.17, 15) is 9.59 Å². The van der Waals surface area contributed by atoms with Crippen molar-refractivity contribution >= 4 is 10.9 Å². The second-order valence-corrected chi connectivity index (χ2v) is 5.44. The van der Waals surface area contributed by atoms with Gasteiger partial charge in [-0.1, -0.05) is 29.8 Å². The van der Waals surface area contributed by atoms with Crippen molar-refractivity contribution in [3.8, 4) is 5.75 Å². The Morgan fingerprint density at radius 1 is 1.04 bits per heavy atom. The molecule has 0 aliphatic rings. The highest BCUT2D eigenvalue weighted by molar-refractivity contribution is 5.80. The van der Waals surface area contributed by atoms with Gasteiger partial charge in [0.05, 0.1) is 17.4 Å². The Morgan fingerprint density at radius 3 is 2.52 bits per heavy atom. The molecule has 0 saturated carbocycles. The van der Waals surface area contributed by atoms with Crippen LogP contribution < -0.4 is 16.1 Å². The Kier molecular flexibility index (Phi) is 4.02. The number of rotatable bonds is 4. The highest BCUT2D eigenvalue weighted by Crippen LogP contribution is 2.14. The highest BCUT2D eigenvalue weighted by Gasteiger charge is 2.11. The summed E-state index contributed by atoms with van der Waals surface area (Å²) in [6, 6.07) is 13.0. The van der Waals surface area contributed by atoms with Crippen LogP contribution in [0.5, 0.6) is 5.75 Å². The van der Waals surface area contributed by atoms with Crippen LogP contribution in [-0.4, -0.2) is 11.2 Å². The summed E-state index contributed by atoms with van der Waals surface area (Å²) in [6.07, 6.45) is 0. The number of aromatic nitrogens is 1. The van der Waals surface area contributed by atoms with E-state index in [1.165, 1.54) is 4.57 Å². The molecule has 0 aliphatic carbocycles. The van der Waals surface area contributed by atoms with Gasteiger partial charge in [-0.3, -0.25) is 4.57 Å².